The van der Waals surface area contributed by atoms with Crippen molar-refractivity contribution < 1.29 is 4.39 Å². The van der Waals surface area contributed by atoms with Crippen LogP contribution in [-0.4, -0.2) is 9.13 Å². The van der Waals surface area contributed by atoms with E-state index < -0.39 is 0 Å². The molecule has 0 atom stereocenters. The van der Waals surface area contributed by atoms with Gasteiger partial charge in [0.05, 0.1) is 5.52 Å². The smallest absolute Gasteiger partial charge is 0.250 e. The van der Waals surface area contributed by atoms with Crippen LogP contribution in [0.4, 0.5) is 4.39 Å². The van der Waals surface area contributed by atoms with E-state index in [0.717, 1.165) is 10.9 Å². The number of halogens is 1. The highest BCUT2D eigenvalue weighted by molar-refractivity contribution is 5.80. The van der Waals surface area contributed by atoms with Gasteiger partial charge in [0.15, 0.2) is 0 Å². The quantitative estimate of drug-likeness (QED) is 0.707. The lowest BCUT2D eigenvalue weighted by atomic mass is 10.2. The minimum Gasteiger partial charge on any atom is -0.346 e. The highest BCUT2D eigenvalue weighted by Gasteiger charge is 2.02. The average molecular weight is 256 g/mol. The predicted molar refractivity (Wildman–Crippen MR) is 72.6 cm³/mol. The number of benzene rings is 1. The average Bonchev–Trinajstić information content (AvgIpc) is 2.80. The Kier molecular flexibility index (Phi) is 2.91. The zero-order valence-corrected chi connectivity index (χ0v) is 10.3. The van der Waals surface area contributed by atoms with Crippen LogP contribution >= 0.6 is 0 Å². The largest absolute Gasteiger partial charge is 0.346 e. The van der Waals surface area contributed by atoms with Crippen LogP contribution in [0.2, 0.25) is 0 Å². The van der Waals surface area contributed by atoms with Crippen LogP contribution in [0, 0.1) is 5.82 Å². The summed E-state index contributed by atoms with van der Waals surface area (Å²) in [6.45, 7) is 1.21. The summed E-state index contributed by atoms with van der Waals surface area (Å²) in [4.78, 5) is 11.6. The maximum Gasteiger partial charge on any atom is 0.250 e. The Balaban J connectivity index is 1.88. The van der Waals surface area contributed by atoms with E-state index in [-0.39, 0.29) is 11.4 Å². The number of hydrogen-bond donors (Lipinski definition) is 0. The van der Waals surface area contributed by atoms with Gasteiger partial charge in [0.25, 0.3) is 5.56 Å². The van der Waals surface area contributed by atoms with Gasteiger partial charge in [0.1, 0.15) is 5.82 Å². The molecule has 0 aliphatic carbocycles. The lowest BCUT2D eigenvalue weighted by molar-refractivity contribution is 0.575. The van der Waals surface area contributed by atoms with Crippen molar-refractivity contribution in [3.63, 3.8) is 0 Å². The maximum absolute atomic E-state index is 13.3. The SMILES string of the molecule is O=c1ccccn1CCn1ccc2ccc(F)cc21. The fourth-order valence-corrected chi connectivity index (χ4v) is 2.21. The fourth-order valence-electron chi connectivity index (χ4n) is 2.21. The van der Waals surface area contributed by atoms with Crippen molar-refractivity contribution in [3.8, 4) is 0 Å². The summed E-state index contributed by atoms with van der Waals surface area (Å²) in [6.07, 6.45) is 3.67. The monoisotopic (exact) mass is 256 g/mol. The van der Waals surface area contributed by atoms with E-state index in [1.807, 2.05) is 22.9 Å². The molecule has 0 amide bonds. The number of nitrogens with zero attached hydrogens (tertiary/aromatic N) is 2. The number of hydrogen-bond acceptors (Lipinski definition) is 1. The van der Waals surface area contributed by atoms with Gasteiger partial charge in [-0.25, -0.2) is 4.39 Å². The molecule has 0 fully saturated rings. The Morgan fingerprint density at radius 3 is 2.63 bits per heavy atom. The van der Waals surface area contributed by atoms with Crippen molar-refractivity contribution in [1.29, 1.82) is 0 Å². The fraction of sp³-hybridized carbons (Fsp3) is 0.133. The highest BCUT2D eigenvalue weighted by Crippen LogP contribution is 2.17. The van der Waals surface area contributed by atoms with Gasteiger partial charge in [-0.1, -0.05) is 6.07 Å². The zero-order chi connectivity index (χ0) is 13.2. The van der Waals surface area contributed by atoms with Crippen LogP contribution < -0.4 is 5.56 Å². The van der Waals surface area contributed by atoms with E-state index in [2.05, 4.69) is 0 Å². The molecule has 19 heavy (non-hydrogen) atoms. The number of fused-ring (bicyclic) bond motifs is 1. The zero-order valence-electron chi connectivity index (χ0n) is 10.3. The standard InChI is InChI=1S/C15H13FN2O/c16-13-5-4-12-6-8-17(14(12)11-13)9-10-18-7-2-1-3-15(18)19/h1-8,11H,9-10H2. The molecule has 3 nitrogen and oxygen atoms in total. The van der Waals surface area contributed by atoms with Crippen LogP contribution in [0.25, 0.3) is 10.9 Å². The topological polar surface area (TPSA) is 26.9 Å². The summed E-state index contributed by atoms with van der Waals surface area (Å²) in [5.41, 5.74) is 0.828. The molecule has 0 bridgehead atoms. The molecule has 0 N–H and O–H groups in total. The summed E-state index contributed by atoms with van der Waals surface area (Å²) in [6, 6.07) is 11.8. The second-order valence-corrected chi connectivity index (χ2v) is 4.44. The lowest BCUT2D eigenvalue weighted by Gasteiger charge is -2.07. The number of aromatic nitrogens is 2. The first kappa shape index (κ1) is 11.7. The molecule has 2 aromatic heterocycles. The Hall–Kier alpha value is -2.36. The second-order valence-electron chi connectivity index (χ2n) is 4.44. The molecule has 0 aliphatic rings. The molecule has 1 aromatic carbocycles. The Morgan fingerprint density at radius 1 is 0.947 bits per heavy atom. The van der Waals surface area contributed by atoms with Crippen LogP contribution in [0.3, 0.4) is 0 Å². The first-order chi connectivity index (χ1) is 9.24. The van der Waals surface area contributed by atoms with E-state index in [1.54, 1.807) is 22.9 Å². The molecule has 0 saturated carbocycles. The lowest BCUT2D eigenvalue weighted by Crippen LogP contribution is -2.20. The van der Waals surface area contributed by atoms with E-state index in [1.165, 1.54) is 18.2 Å². The van der Waals surface area contributed by atoms with Crippen molar-refractivity contribution in [2.45, 2.75) is 13.1 Å². The van der Waals surface area contributed by atoms with Gasteiger partial charge in [-0.15, -0.1) is 0 Å². The molecule has 3 aromatic rings. The van der Waals surface area contributed by atoms with Crippen LogP contribution in [0.1, 0.15) is 0 Å². The molecule has 0 radical (unpaired) electrons. The highest BCUT2D eigenvalue weighted by atomic mass is 19.1. The van der Waals surface area contributed by atoms with Gasteiger partial charge in [-0.05, 0) is 35.7 Å². The number of pyridine rings is 1. The summed E-state index contributed by atoms with van der Waals surface area (Å²) < 4.78 is 16.9. The first-order valence-corrected chi connectivity index (χ1v) is 6.14. The second kappa shape index (κ2) is 4.72. The molecule has 3 rings (SSSR count). The molecule has 0 aliphatic heterocycles. The third-order valence-electron chi connectivity index (χ3n) is 3.22. The summed E-state index contributed by atoms with van der Waals surface area (Å²) in [7, 11) is 0. The Morgan fingerprint density at radius 2 is 1.79 bits per heavy atom. The third kappa shape index (κ3) is 2.29. The van der Waals surface area contributed by atoms with Gasteiger partial charge >= 0.3 is 0 Å². The molecule has 0 saturated heterocycles. The summed E-state index contributed by atoms with van der Waals surface area (Å²) >= 11 is 0. The van der Waals surface area contributed by atoms with E-state index >= 15 is 0 Å². The van der Waals surface area contributed by atoms with Crippen molar-refractivity contribution in [3.05, 3.63) is 71.0 Å². The number of rotatable bonds is 3. The Bertz CT molecular complexity index is 773. The maximum atomic E-state index is 13.3. The molecule has 96 valence electrons. The Labute approximate surface area is 109 Å². The van der Waals surface area contributed by atoms with Crippen molar-refractivity contribution in [2.24, 2.45) is 0 Å². The number of aryl methyl sites for hydroxylation is 2. The van der Waals surface area contributed by atoms with Gasteiger partial charge in [0, 0.05) is 31.5 Å². The van der Waals surface area contributed by atoms with Crippen molar-refractivity contribution in [1.82, 2.24) is 9.13 Å². The molecule has 4 heteroatoms. The molecular weight excluding hydrogens is 243 g/mol. The predicted octanol–water partition coefficient (Wildman–Crippen LogP) is 2.64. The summed E-state index contributed by atoms with van der Waals surface area (Å²) in [5.74, 6) is -0.246. The molecule has 2 heterocycles. The first-order valence-electron chi connectivity index (χ1n) is 6.14. The van der Waals surface area contributed by atoms with Gasteiger partial charge in [0.2, 0.25) is 0 Å². The van der Waals surface area contributed by atoms with Crippen LogP contribution in [0.15, 0.2) is 59.7 Å². The van der Waals surface area contributed by atoms with Crippen molar-refractivity contribution in [2.75, 3.05) is 0 Å². The van der Waals surface area contributed by atoms with Crippen LogP contribution in [-0.2, 0) is 13.1 Å². The van der Waals surface area contributed by atoms with Crippen molar-refractivity contribution >= 4 is 10.9 Å². The van der Waals surface area contributed by atoms with Gasteiger partial charge in [-0.3, -0.25) is 4.79 Å². The normalized spacial score (nSPS) is 11.0. The minimum absolute atomic E-state index is 0.0230. The molecular formula is C15H13FN2O. The van der Waals surface area contributed by atoms with E-state index in [4.69, 9.17) is 0 Å². The molecule has 0 unspecified atom stereocenters. The van der Waals surface area contributed by atoms with E-state index in [0.29, 0.717) is 13.1 Å². The minimum atomic E-state index is -0.246. The summed E-state index contributed by atoms with van der Waals surface area (Å²) in [5, 5.41) is 1.00. The van der Waals surface area contributed by atoms with Gasteiger partial charge in [-0.2, -0.15) is 0 Å². The van der Waals surface area contributed by atoms with Gasteiger partial charge < -0.3 is 9.13 Å². The van der Waals surface area contributed by atoms with Crippen LogP contribution in [0.5, 0.6) is 0 Å². The van der Waals surface area contributed by atoms with E-state index in [9.17, 15) is 9.18 Å². The third-order valence-corrected chi connectivity index (χ3v) is 3.22. The molecule has 0 spiro atoms.